The van der Waals surface area contributed by atoms with E-state index in [-0.39, 0.29) is 7.43 Å². The van der Waals surface area contributed by atoms with Crippen molar-refractivity contribution in [3.8, 4) is 47.9 Å². The minimum atomic E-state index is 0. The van der Waals surface area contributed by atoms with E-state index in [1.807, 2.05) is 26.8 Å². The lowest BCUT2D eigenvalue weighted by atomic mass is 9.85. The van der Waals surface area contributed by atoms with E-state index >= 15 is 0 Å². The average molecular weight is 685 g/mol. The Morgan fingerprint density at radius 3 is 1.15 bits per heavy atom. The third-order valence-electron chi connectivity index (χ3n) is 8.23. The second kappa shape index (κ2) is 26.1. The van der Waals surface area contributed by atoms with Crippen LogP contribution < -0.4 is 0 Å². The van der Waals surface area contributed by atoms with Crippen molar-refractivity contribution in [3.05, 3.63) is 180 Å². The van der Waals surface area contributed by atoms with Gasteiger partial charge in [-0.3, -0.25) is 0 Å². The Hall–Kier alpha value is -5.82. The van der Waals surface area contributed by atoms with Gasteiger partial charge in [0, 0.05) is 0 Å². The van der Waals surface area contributed by atoms with Crippen molar-refractivity contribution in [1.82, 2.24) is 0 Å². The van der Waals surface area contributed by atoms with Gasteiger partial charge in [0.1, 0.15) is 0 Å². The molecule has 0 aliphatic carbocycles. The zero-order valence-corrected chi connectivity index (χ0v) is 32.1. The van der Waals surface area contributed by atoms with Gasteiger partial charge >= 0.3 is 0 Å². The van der Waals surface area contributed by atoms with E-state index in [9.17, 15) is 0 Å². The largest absolute Gasteiger partial charge is 0.124 e. The Morgan fingerprint density at radius 2 is 0.885 bits per heavy atom. The molecule has 52 heavy (non-hydrogen) atoms. The van der Waals surface area contributed by atoms with Gasteiger partial charge in [-0.25, -0.2) is 0 Å². The molecular formula is C52H60. The molecule has 0 aromatic heterocycles. The Balaban J connectivity index is 0.000000934. The van der Waals surface area contributed by atoms with Crippen LogP contribution in [0.5, 0.6) is 0 Å². The fraction of sp³-hybridized carbons (Fsp3) is 0.192. The number of fused-ring (bicyclic) bond motifs is 2. The summed E-state index contributed by atoms with van der Waals surface area (Å²) in [5, 5.41) is 5.24. The molecule has 268 valence electrons. The first-order chi connectivity index (χ1) is 24.8. The number of rotatable bonds is 4. The van der Waals surface area contributed by atoms with Gasteiger partial charge in [-0.05, 0) is 115 Å². The minimum Gasteiger partial charge on any atom is -0.124 e. The molecule has 0 fully saturated rings. The summed E-state index contributed by atoms with van der Waals surface area (Å²) in [6.07, 6.45) is 25.0. The SMILES string of the molecule is C.C#C.C#C.C/C=C\C(C)=C\C.C=CC.CCc1ccc(-c2c3ccccc3c(-c3ccc(C)cc3)c3ccccc23)cc1.Cc1ccccc1C. The number of hydrogen-bond acceptors (Lipinski definition) is 0. The van der Waals surface area contributed by atoms with Crippen LogP contribution in [0, 0.1) is 46.5 Å². The molecule has 0 aliphatic heterocycles. The standard InChI is InChI=1S/C29H24.C8H10.C7H12.C3H6.2C2H2.CH4/c1-3-21-14-18-23(19-15-21)29-26-10-6-4-8-24(26)28(22-16-12-20(2)13-17-22)25-9-5-7-11-27(25)29;1-7-5-3-4-6-8(7)2;1-4-6-7(3)5-2;1-3-2;2*1-2;/h4-19H,3H2,1-2H3;3-6H,1-2H3;4-6H,1-3H3;3H,1H2,2H3;2*1-2H;1H4/b;;6-4-,7-5+;;;;. The molecule has 0 bridgehead atoms. The summed E-state index contributed by atoms with van der Waals surface area (Å²) in [6, 6.07) is 44.0. The first-order valence-corrected chi connectivity index (χ1v) is 17.4. The van der Waals surface area contributed by atoms with Gasteiger partial charge in [0.15, 0.2) is 0 Å². The van der Waals surface area contributed by atoms with E-state index < -0.39 is 0 Å². The molecule has 0 radical (unpaired) electrons. The molecule has 0 aliphatic rings. The van der Waals surface area contributed by atoms with E-state index in [4.69, 9.17) is 0 Å². The Labute approximate surface area is 317 Å². The molecular weight excluding hydrogens is 625 g/mol. The number of terminal acetylenes is 2. The molecule has 0 atom stereocenters. The van der Waals surface area contributed by atoms with E-state index in [1.54, 1.807) is 6.08 Å². The molecule has 0 saturated heterocycles. The molecule has 0 saturated carbocycles. The third kappa shape index (κ3) is 13.5. The fourth-order valence-electron chi connectivity index (χ4n) is 5.40. The number of allylic oxidation sites excluding steroid dienone is 5. The molecule has 6 rings (SSSR count). The van der Waals surface area contributed by atoms with Gasteiger partial charge < -0.3 is 0 Å². The van der Waals surface area contributed by atoms with Crippen LogP contribution in [-0.2, 0) is 6.42 Å². The zero-order chi connectivity index (χ0) is 38.2. The average Bonchev–Trinajstić information content (AvgIpc) is 3.18. The van der Waals surface area contributed by atoms with Crippen LogP contribution in [0.15, 0.2) is 158 Å². The highest BCUT2D eigenvalue weighted by Crippen LogP contribution is 2.43. The lowest BCUT2D eigenvalue weighted by molar-refractivity contribution is 1.14. The van der Waals surface area contributed by atoms with Crippen LogP contribution >= 0.6 is 0 Å². The molecule has 0 unspecified atom stereocenters. The van der Waals surface area contributed by atoms with Gasteiger partial charge in [-0.15, -0.1) is 32.3 Å². The van der Waals surface area contributed by atoms with Crippen LogP contribution in [0.2, 0.25) is 0 Å². The van der Waals surface area contributed by atoms with Crippen LogP contribution in [0.3, 0.4) is 0 Å². The Bertz CT molecular complexity index is 1920. The van der Waals surface area contributed by atoms with Crippen molar-refractivity contribution < 1.29 is 0 Å². The van der Waals surface area contributed by atoms with Crippen molar-refractivity contribution in [2.45, 2.75) is 69.2 Å². The topological polar surface area (TPSA) is 0 Å². The maximum absolute atomic E-state index is 4.00. The minimum absolute atomic E-state index is 0. The maximum Gasteiger partial charge on any atom is -0.00264 e. The normalized spacial score (nSPS) is 9.81. The van der Waals surface area contributed by atoms with Crippen LogP contribution in [0.25, 0.3) is 43.8 Å². The second-order valence-corrected chi connectivity index (χ2v) is 11.8. The molecule has 0 spiro atoms. The molecule has 0 N–H and O–H groups in total. The van der Waals surface area contributed by atoms with Crippen molar-refractivity contribution in [1.29, 1.82) is 0 Å². The summed E-state index contributed by atoms with van der Waals surface area (Å²) in [5.74, 6) is 0. The molecule has 0 amide bonds. The van der Waals surface area contributed by atoms with Crippen molar-refractivity contribution in [3.63, 3.8) is 0 Å². The third-order valence-corrected chi connectivity index (χ3v) is 8.23. The summed E-state index contributed by atoms with van der Waals surface area (Å²) in [6.45, 7) is 20.0. The van der Waals surface area contributed by atoms with E-state index in [0.717, 1.165) is 6.42 Å². The van der Waals surface area contributed by atoms with Crippen molar-refractivity contribution in [2.75, 3.05) is 0 Å². The first-order valence-electron chi connectivity index (χ1n) is 17.4. The molecule has 0 nitrogen and oxygen atoms in total. The van der Waals surface area contributed by atoms with Crippen molar-refractivity contribution in [2.24, 2.45) is 0 Å². The van der Waals surface area contributed by atoms with Gasteiger partial charge in [0.25, 0.3) is 0 Å². The number of aryl methyl sites for hydroxylation is 4. The highest BCUT2D eigenvalue weighted by atomic mass is 14.2. The van der Waals surface area contributed by atoms with Crippen molar-refractivity contribution >= 4 is 21.5 Å². The highest BCUT2D eigenvalue weighted by Gasteiger charge is 2.16. The first kappa shape index (κ1) is 46.2. The van der Waals surface area contributed by atoms with Crippen LogP contribution in [0.4, 0.5) is 0 Å². The quantitative estimate of drug-likeness (QED) is 0.0750. The molecule has 6 aromatic carbocycles. The lowest BCUT2D eigenvalue weighted by Crippen LogP contribution is -1.91. The van der Waals surface area contributed by atoms with Gasteiger partial charge in [-0.2, -0.15) is 0 Å². The molecule has 6 aromatic rings. The molecule has 0 heteroatoms. The molecule has 0 heterocycles. The Morgan fingerprint density at radius 1 is 0.558 bits per heavy atom. The summed E-state index contributed by atoms with van der Waals surface area (Å²) in [5.41, 5.74) is 11.9. The van der Waals surface area contributed by atoms with Gasteiger partial charge in [0.05, 0.1) is 0 Å². The maximum atomic E-state index is 4.00. The zero-order valence-electron chi connectivity index (χ0n) is 32.1. The predicted octanol–water partition coefficient (Wildman–Crippen LogP) is 15.4. The second-order valence-electron chi connectivity index (χ2n) is 11.8. The summed E-state index contributed by atoms with van der Waals surface area (Å²) in [4.78, 5) is 0. The van der Waals surface area contributed by atoms with Gasteiger partial charge in [-0.1, -0.05) is 171 Å². The number of hydrogen-bond donors (Lipinski definition) is 0. The Kier molecular flexibility index (Phi) is 23.1. The number of benzene rings is 6. The van der Waals surface area contributed by atoms with E-state index in [1.165, 1.54) is 71.6 Å². The van der Waals surface area contributed by atoms with E-state index in [2.05, 4.69) is 200 Å². The lowest BCUT2D eigenvalue weighted by Gasteiger charge is -2.18. The predicted molar refractivity (Wildman–Crippen MR) is 239 cm³/mol. The van der Waals surface area contributed by atoms with Crippen LogP contribution in [-0.4, -0.2) is 0 Å². The van der Waals surface area contributed by atoms with E-state index in [0.29, 0.717) is 0 Å². The van der Waals surface area contributed by atoms with Gasteiger partial charge in [0.2, 0.25) is 0 Å². The van der Waals surface area contributed by atoms with Crippen LogP contribution in [0.1, 0.15) is 64.3 Å². The monoisotopic (exact) mass is 684 g/mol. The highest BCUT2D eigenvalue weighted by molar-refractivity contribution is 6.21. The smallest absolute Gasteiger partial charge is 0.00264 e. The fourth-order valence-corrected chi connectivity index (χ4v) is 5.40. The summed E-state index contributed by atoms with van der Waals surface area (Å²) in [7, 11) is 0. The summed E-state index contributed by atoms with van der Waals surface area (Å²) >= 11 is 0. The summed E-state index contributed by atoms with van der Waals surface area (Å²) < 4.78 is 0.